The lowest BCUT2D eigenvalue weighted by Crippen LogP contribution is -2.20. The number of hydrogen-bond acceptors (Lipinski definition) is 7. The number of hydrogen-bond donors (Lipinski definition) is 2. The van der Waals surface area contributed by atoms with Gasteiger partial charge < -0.3 is 14.5 Å². The Kier molecular flexibility index (Phi) is 5.99. The van der Waals surface area contributed by atoms with Gasteiger partial charge in [0.1, 0.15) is 11.6 Å². The molecule has 4 aromatic rings. The summed E-state index contributed by atoms with van der Waals surface area (Å²) in [5, 5.41) is 5.58. The zero-order valence-corrected chi connectivity index (χ0v) is 16.7. The fourth-order valence-electron chi connectivity index (χ4n) is 2.56. The smallest absolute Gasteiger partial charge is 0.291 e. The van der Waals surface area contributed by atoms with Crippen molar-refractivity contribution in [1.29, 1.82) is 0 Å². The molecule has 0 aliphatic carbocycles. The molecule has 0 spiro atoms. The first kappa shape index (κ1) is 20.2. The van der Waals surface area contributed by atoms with Crippen LogP contribution in [0.15, 0.2) is 71.3 Å². The standard InChI is InChI=1S/C21H15FN4O4S/c22-14-8-6-13(7-9-14)19-25-21(31-26-19)24-18(27)12-30-16-4-1-3-15(11-16)23-20(28)17-5-2-10-29-17/h1-11H,12H2,(H,23,28)(H,24,25,26,27). The quantitative estimate of drug-likeness (QED) is 0.448. The van der Waals surface area contributed by atoms with Gasteiger partial charge in [-0.1, -0.05) is 6.07 Å². The molecule has 2 aromatic carbocycles. The normalized spacial score (nSPS) is 10.5. The summed E-state index contributed by atoms with van der Waals surface area (Å²) in [5.74, 6) is -0.199. The van der Waals surface area contributed by atoms with E-state index in [4.69, 9.17) is 9.15 Å². The van der Waals surface area contributed by atoms with Crippen molar-refractivity contribution >= 4 is 34.2 Å². The number of benzene rings is 2. The Morgan fingerprint density at radius 2 is 1.90 bits per heavy atom. The Labute approximate surface area is 179 Å². The van der Waals surface area contributed by atoms with E-state index >= 15 is 0 Å². The Hall–Kier alpha value is -4.05. The highest BCUT2D eigenvalue weighted by Crippen LogP contribution is 2.22. The number of carbonyl (C=O) groups excluding carboxylic acids is 2. The predicted molar refractivity (Wildman–Crippen MR) is 113 cm³/mol. The van der Waals surface area contributed by atoms with Crippen LogP contribution in [0.5, 0.6) is 5.75 Å². The fraction of sp³-hybridized carbons (Fsp3) is 0.0476. The molecule has 0 fully saturated rings. The van der Waals surface area contributed by atoms with Crippen LogP contribution in [-0.4, -0.2) is 27.8 Å². The summed E-state index contributed by atoms with van der Waals surface area (Å²) in [7, 11) is 0. The van der Waals surface area contributed by atoms with E-state index in [1.807, 2.05) is 0 Å². The van der Waals surface area contributed by atoms with Crippen LogP contribution in [0.1, 0.15) is 10.6 Å². The Bertz CT molecular complexity index is 1190. The van der Waals surface area contributed by atoms with Crippen LogP contribution in [0, 0.1) is 5.82 Å². The van der Waals surface area contributed by atoms with Crippen LogP contribution in [-0.2, 0) is 4.79 Å². The maximum absolute atomic E-state index is 13.0. The first-order valence-electron chi connectivity index (χ1n) is 9.04. The summed E-state index contributed by atoms with van der Waals surface area (Å²) in [6, 6.07) is 15.5. The second-order valence-electron chi connectivity index (χ2n) is 6.23. The molecule has 8 nitrogen and oxygen atoms in total. The number of furan rings is 1. The van der Waals surface area contributed by atoms with E-state index in [9.17, 15) is 14.0 Å². The van der Waals surface area contributed by atoms with Crippen molar-refractivity contribution in [2.45, 2.75) is 0 Å². The van der Waals surface area contributed by atoms with Gasteiger partial charge in [-0.15, -0.1) is 0 Å². The van der Waals surface area contributed by atoms with Crippen LogP contribution >= 0.6 is 11.5 Å². The molecule has 4 rings (SSSR count). The van der Waals surface area contributed by atoms with Crippen molar-refractivity contribution in [2.75, 3.05) is 17.2 Å². The van der Waals surface area contributed by atoms with Gasteiger partial charge in [0.2, 0.25) is 5.13 Å². The van der Waals surface area contributed by atoms with Crippen LogP contribution in [0.25, 0.3) is 11.4 Å². The molecule has 0 saturated carbocycles. The number of carbonyl (C=O) groups is 2. The Morgan fingerprint density at radius 3 is 2.68 bits per heavy atom. The largest absolute Gasteiger partial charge is 0.484 e. The molecule has 2 heterocycles. The summed E-state index contributed by atoms with van der Waals surface area (Å²) in [5.41, 5.74) is 1.13. The molecule has 0 bridgehead atoms. The van der Waals surface area contributed by atoms with Gasteiger partial charge in [0.25, 0.3) is 11.8 Å². The summed E-state index contributed by atoms with van der Waals surface area (Å²) in [6.07, 6.45) is 1.41. The number of aromatic nitrogens is 2. The average Bonchev–Trinajstić information content (AvgIpc) is 3.46. The van der Waals surface area contributed by atoms with E-state index in [1.54, 1.807) is 48.5 Å². The van der Waals surface area contributed by atoms with Crippen molar-refractivity contribution in [2.24, 2.45) is 0 Å². The number of anilines is 2. The van der Waals surface area contributed by atoms with E-state index in [2.05, 4.69) is 20.0 Å². The summed E-state index contributed by atoms with van der Waals surface area (Å²) in [6.45, 7) is -0.263. The highest BCUT2D eigenvalue weighted by Gasteiger charge is 2.12. The molecular formula is C21H15FN4O4S. The van der Waals surface area contributed by atoms with Crippen LogP contribution in [0.4, 0.5) is 15.2 Å². The molecule has 156 valence electrons. The second-order valence-corrected chi connectivity index (χ2v) is 6.98. The Morgan fingerprint density at radius 1 is 1.06 bits per heavy atom. The van der Waals surface area contributed by atoms with E-state index in [0.29, 0.717) is 28.0 Å². The lowest BCUT2D eigenvalue weighted by atomic mass is 10.2. The third kappa shape index (κ3) is 5.31. The molecule has 31 heavy (non-hydrogen) atoms. The van der Waals surface area contributed by atoms with Crippen LogP contribution < -0.4 is 15.4 Å². The summed E-state index contributed by atoms with van der Waals surface area (Å²) >= 11 is 1.01. The lowest BCUT2D eigenvalue weighted by molar-refractivity contribution is -0.118. The van der Waals surface area contributed by atoms with E-state index < -0.39 is 11.8 Å². The van der Waals surface area contributed by atoms with Gasteiger partial charge in [0.05, 0.1) is 6.26 Å². The zero-order chi connectivity index (χ0) is 21.6. The van der Waals surface area contributed by atoms with E-state index in [0.717, 1.165) is 11.5 Å². The van der Waals surface area contributed by atoms with Gasteiger partial charge in [-0.25, -0.2) is 4.39 Å². The molecule has 10 heteroatoms. The molecule has 0 aliphatic heterocycles. The molecule has 0 radical (unpaired) electrons. The van der Waals surface area contributed by atoms with Crippen molar-refractivity contribution in [3.63, 3.8) is 0 Å². The third-order valence-corrected chi connectivity index (χ3v) is 4.61. The van der Waals surface area contributed by atoms with Gasteiger partial charge >= 0.3 is 0 Å². The number of halogens is 1. The maximum Gasteiger partial charge on any atom is 0.291 e. The molecule has 0 atom stereocenters. The highest BCUT2D eigenvalue weighted by atomic mass is 32.1. The molecule has 0 unspecified atom stereocenters. The van der Waals surface area contributed by atoms with Crippen molar-refractivity contribution < 1.29 is 23.1 Å². The molecule has 0 saturated heterocycles. The monoisotopic (exact) mass is 438 g/mol. The molecule has 2 N–H and O–H groups in total. The van der Waals surface area contributed by atoms with Gasteiger partial charge in [-0.2, -0.15) is 9.36 Å². The highest BCUT2D eigenvalue weighted by molar-refractivity contribution is 7.10. The third-order valence-electron chi connectivity index (χ3n) is 3.98. The van der Waals surface area contributed by atoms with Gasteiger partial charge in [0, 0.05) is 28.8 Å². The lowest BCUT2D eigenvalue weighted by Gasteiger charge is -2.08. The van der Waals surface area contributed by atoms with Crippen molar-refractivity contribution in [1.82, 2.24) is 9.36 Å². The number of nitrogens with zero attached hydrogens (tertiary/aromatic N) is 2. The average molecular weight is 438 g/mol. The van der Waals surface area contributed by atoms with Crippen LogP contribution in [0.2, 0.25) is 0 Å². The number of nitrogens with one attached hydrogen (secondary N) is 2. The van der Waals surface area contributed by atoms with Gasteiger partial charge in [0.15, 0.2) is 18.2 Å². The number of amides is 2. The number of rotatable bonds is 7. The first-order valence-corrected chi connectivity index (χ1v) is 9.81. The van der Waals surface area contributed by atoms with E-state index in [1.165, 1.54) is 18.4 Å². The summed E-state index contributed by atoms with van der Waals surface area (Å²) in [4.78, 5) is 28.4. The molecule has 0 aliphatic rings. The van der Waals surface area contributed by atoms with E-state index in [-0.39, 0.29) is 18.2 Å². The Balaban J connectivity index is 1.31. The van der Waals surface area contributed by atoms with Gasteiger partial charge in [-0.05, 0) is 48.5 Å². The second kappa shape index (κ2) is 9.18. The number of ether oxygens (including phenoxy) is 1. The minimum Gasteiger partial charge on any atom is -0.484 e. The minimum absolute atomic E-state index is 0.183. The minimum atomic E-state index is -0.424. The zero-order valence-electron chi connectivity index (χ0n) is 15.9. The van der Waals surface area contributed by atoms with Crippen molar-refractivity contribution in [3.05, 3.63) is 78.5 Å². The molecule has 2 amide bonds. The van der Waals surface area contributed by atoms with Crippen molar-refractivity contribution in [3.8, 4) is 17.1 Å². The van der Waals surface area contributed by atoms with Gasteiger partial charge in [-0.3, -0.25) is 14.9 Å². The predicted octanol–water partition coefficient (Wildman–Crippen LogP) is 4.21. The first-order chi connectivity index (χ1) is 15.1. The molecule has 2 aromatic heterocycles. The maximum atomic E-state index is 13.0. The summed E-state index contributed by atoms with van der Waals surface area (Å²) < 4.78 is 27.7. The van der Waals surface area contributed by atoms with Crippen LogP contribution in [0.3, 0.4) is 0 Å². The fourth-order valence-corrected chi connectivity index (χ4v) is 3.16. The topological polar surface area (TPSA) is 106 Å². The SMILES string of the molecule is O=C(COc1cccc(NC(=O)c2ccco2)c1)Nc1nc(-c2ccc(F)cc2)ns1. The molecular weight excluding hydrogens is 423 g/mol.